The first-order chi connectivity index (χ1) is 6.68. The van der Waals surface area contributed by atoms with E-state index in [1.165, 1.54) is 6.33 Å². The van der Waals surface area contributed by atoms with Gasteiger partial charge in [-0.05, 0) is 6.92 Å². The van der Waals surface area contributed by atoms with E-state index in [4.69, 9.17) is 23.2 Å². The van der Waals surface area contributed by atoms with Crippen molar-refractivity contribution in [1.82, 2.24) is 19.5 Å². The number of nitrogens with zero attached hydrogens (tertiary/aromatic N) is 4. The maximum absolute atomic E-state index is 5.88. The molecule has 0 fully saturated rings. The SMILES string of the molecule is CC(Cl)Cn1cnc2c(Cl)ncnc21. The number of imidazole rings is 1. The van der Waals surface area contributed by atoms with Gasteiger partial charge in [0.2, 0.25) is 0 Å². The molecule has 14 heavy (non-hydrogen) atoms. The van der Waals surface area contributed by atoms with Crippen LogP contribution in [0, 0.1) is 0 Å². The van der Waals surface area contributed by atoms with E-state index in [2.05, 4.69) is 15.0 Å². The maximum atomic E-state index is 5.88. The lowest BCUT2D eigenvalue weighted by atomic mass is 10.4. The van der Waals surface area contributed by atoms with Gasteiger partial charge in [0.25, 0.3) is 0 Å². The minimum Gasteiger partial charge on any atom is -0.314 e. The quantitative estimate of drug-likeness (QED) is 0.587. The van der Waals surface area contributed by atoms with Gasteiger partial charge in [-0.1, -0.05) is 11.6 Å². The second-order valence-electron chi connectivity index (χ2n) is 3.01. The Morgan fingerprint density at radius 2 is 2.21 bits per heavy atom. The molecule has 0 saturated heterocycles. The minimum absolute atomic E-state index is 0.0288. The van der Waals surface area contributed by atoms with E-state index in [1.807, 2.05) is 11.5 Å². The van der Waals surface area contributed by atoms with Crippen LogP contribution in [0.25, 0.3) is 11.2 Å². The van der Waals surface area contributed by atoms with Crippen LogP contribution in [0.3, 0.4) is 0 Å². The number of alkyl halides is 1. The topological polar surface area (TPSA) is 43.6 Å². The molecule has 0 spiro atoms. The van der Waals surface area contributed by atoms with Crippen LogP contribution in [0.1, 0.15) is 6.92 Å². The average Bonchev–Trinajstić information content (AvgIpc) is 2.49. The van der Waals surface area contributed by atoms with Crippen LogP contribution >= 0.6 is 23.2 Å². The van der Waals surface area contributed by atoms with Crippen LogP contribution in [0.4, 0.5) is 0 Å². The smallest absolute Gasteiger partial charge is 0.164 e. The van der Waals surface area contributed by atoms with Gasteiger partial charge < -0.3 is 4.57 Å². The molecule has 4 nitrogen and oxygen atoms in total. The largest absolute Gasteiger partial charge is 0.314 e. The van der Waals surface area contributed by atoms with Crippen molar-refractivity contribution in [2.24, 2.45) is 0 Å². The van der Waals surface area contributed by atoms with Gasteiger partial charge in [0.05, 0.1) is 6.33 Å². The van der Waals surface area contributed by atoms with E-state index in [0.29, 0.717) is 17.2 Å². The predicted molar refractivity (Wildman–Crippen MR) is 55.6 cm³/mol. The summed E-state index contributed by atoms with van der Waals surface area (Å²) in [4.78, 5) is 12.1. The van der Waals surface area contributed by atoms with E-state index in [9.17, 15) is 0 Å². The van der Waals surface area contributed by atoms with E-state index in [1.54, 1.807) is 6.33 Å². The maximum Gasteiger partial charge on any atom is 0.164 e. The number of fused-ring (bicyclic) bond motifs is 1. The van der Waals surface area contributed by atoms with E-state index >= 15 is 0 Å². The normalized spacial score (nSPS) is 13.4. The molecular weight excluding hydrogens is 223 g/mol. The molecule has 6 heteroatoms. The third kappa shape index (κ3) is 1.67. The second kappa shape index (κ2) is 3.71. The lowest BCUT2D eigenvalue weighted by Gasteiger charge is -2.04. The standard InChI is InChI=1S/C8H8Cl2N4/c1-5(9)2-14-4-13-6-7(10)11-3-12-8(6)14/h3-5H,2H2,1H3. The molecule has 0 aromatic carbocycles. The fourth-order valence-corrected chi connectivity index (χ4v) is 1.58. The molecule has 2 rings (SSSR count). The third-order valence-electron chi connectivity index (χ3n) is 1.80. The molecule has 1 unspecified atom stereocenters. The molecule has 0 saturated carbocycles. The van der Waals surface area contributed by atoms with Crippen molar-refractivity contribution in [2.45, 2.75) is 18.8 Å². The second-order valence-corrected chi connectivity index (χ2v) is 4.12. The van der Waals surface area contributed by atoms with Crippen LogP contribution in [0.15, 0.2) is 12.7 Å². The Hall–Kier alpha value is -0.870. The molecule has 0 bridgehead atoms. The van der Waals surface area contributed by atoms with Gasteiger partial charge in [-0.25, -0.2) is 15.0 Å². The highest BCUT2D eigenvalue weighted by molar-refractivity contribution is 6.33. The Morgan fingerprint density at radius 3 is 2.93 bits per heavy atom. The van der Waals surface area contributed by atoms with Gasteiger partial charge in [0.15, 0.2) is 10.8 Å². The zero-order chi connectivity index (χ0) is 10.1. The molecule has 0 aliphatic rings. The summed E-state index contributed by atoms with van der Waals surface area (Å²) in [5, 5.41) is 0.400. The Labute approximate surface area is 90.9 Å². The summed E-state index contributed by atoms with van der Waals surface area (Å²) in [5.41, 5.74) is 1.34. The van der Waals surface area contributed by atoms with Gasteiger partial charge in [0, 0.05) is 11.9 Å². The summed E-state index contributed by atoms with van der Waals surface area (Å²) < 4.78 is 1.86. The monoisotopic (exact) mass is 230 g/mol. The first-order valence-corrected chi connectivity index (χ1v) is 4.95. The number of halogens is 2. The zero-order valence-electron chi connectivity index (χ0n) is 7.48. The predicted octanol–water partition coefficient (Wildman–Crippen LogP) is 2.11. The van der Waals surface area contributed by atoms with Crippen molar-refractivity contribution in [3.05, 3.63) is 17.8 Å². The van der Waals surface area contributed by atoms with Gasteiger partial charge >= 0.3 is 0 Å². The van der Waals surface area contributed by atoms with Gasteiger partial charge in [-0.2, -0.15) is 0 Å². The number of hydrogen-bond acceptors (Lipinski definition) is 3. The molecule has 74 valence electrons. The van der Waals surface area contributed by atoms with E-state index in [0.717, 1.165) is 5.65 Å². The van der Waals surface area contributed by atoms with Crippen molar-refractivity contribution in [1.29, 1.82) is 0 Å². The van der Waals surface area contributed by atoms with Gasteiger partial charge in [-0.3, -0.25) is 0 Å². The molecule has 0 aliphatic carbocycles. The Morgan fingerprint density at radius 1 is 1.43 bits per heavy atom. The lowest BCUT2D eigenvalue weighted by Crippen LogP contribution is -2.06. The molecule has 0 radical (unpaired) electrons. The summed E-state index contributed by atoms with van der Waals surface area (Å²) in [6, 6.07) is 0. The van der Waals surface area contributed by atoms with Crippen molar-refractivity contribution < 1.29 is 0 Å². The molecular formula is C8H8Cl2N4. The zero-order valence-corrected chi connectivity index (χ0v) is 9.00. The average molecular weight is 231 g/mol. The van der Waals surface area contributed by atoms with Crippen molar-refractivity contribution in [3.63, 3.8) is 0 Å². The number of rotatable bonds is 2. The van der Waals surface area contributed by atoms with Crippen LogP contribution in [-0.2, 0) is 6.54 Å². The van der Waals surface area contributed by atoms with E-state index < -0.39 is 0 Å². The minimum atomic E-state index is 0.0288. The van der Waals surface area contributed by atoms with Crippen LogP contribution in [-0.4, -0.2) is 24.9 Å². The Balaban J connectivity index is 2.52. The molecule has 1 atom stereocenters. The van der Waals surface area contributed by atoms with Gasteiger partial charge in [-0.15, -0.1) is 11.6 Å². The van der Waals surface area contributed by atoms with Crippen LogP contribution in [0.2, 0.25) is 5.15 Å². The lowest BCUT2D eigenvalue weighted by molar-refractivity contribution is 0.698. The fraction of sp³-hybridized carbons (Fsp3) is 0.375. The van der Waals surface area contributed by atoms with Crippen molar-refractivity contribution in [3.8, 4) is 0 Å². The number of hydrogen-bond donors (Lipinski definition) is 0. The summed E-state index contributed by atoms with van der Waals surface area (Å²) in [6.45, 7) is 2.57. The summed E-state index contributed by atoms with van der Waals surface area (Å²) in [7, 11) is 0. The highest BCUT2D eigenvalue weighted by atomic mass is 35.5. The van der Waals surface area contributed by atoms with Gasteiger partial charge in [0.1, 0.15) is 11.8 Å². The van der Waals surface area contributed by atoms with Crippen molar-refractivity contribution >= 4 is 34.4 Å². The molecule has 2 aromatic heterocycles. The Kier molecular flexibility index (Phi) is 2.56. The molecule has 2 aromatic rings. The summed E-state index contributed by atoms with van der Waals surface area (Å²) >= 11 is 11.7. The van der Waals surface area contributed by atoms with Crippen molar-refractivity contribution in [2.75, 3.05) is 0 Å². The van der Waals surface area contributed by atoms with E-state index in [-0.39, 0.29) is 5.38 Å². The molecule has 0 amide bonds. The third-order valence-corrected chi connectivity index (χ3v) is 2.22. The summed E-state index contributed by atoms with van der Waals surface area (Å²) in [6.07, 6.45) is 3.09. The molecule has 2 heterocycles. The summed E-state index contributed by atoms with van der Waals surface area (Å²) in [5.74, 6) is 0. The Bertz CT molecular complexity index is 452. The molecule has 0 aliphatic heterocycles. The fourth-order valence-electron chi connectivity index (χ4n) is 1.26. The first-order valence-electron chi connectivity index (χ1n) is 4.14. The van der Waals surface area contributed by atoms with Crippen LogP contribution in [0.5, 0.6) is 0 Å². The highest BCUT2D eigenvalue weighted by Gasteiger charge is 2.09. The highest BCUT2D eigenvalue weighted by Crippen LogP contribution is 2.17. The first kappa shape index (κ1) is 9.68. The molecule has 0 N–H and O–H groups in total. The number of aromatic nitrogens is 4. The van der Waals surface area contributed by atoms with Crippen LogP contribution < -0.4 is 0 Å².